The predicted molar refractivity (Wildman–Crippen MR) is 116 cm³/mol. The summed E-state index contributed by atoms with van der Waals surface area (Å²) >= 11 is 0.805. The van der Waals surface area contributed by atoms with E-state index in [2.05, 4.69) is 20.5 Å². The van der Waals surface area contributed by atoms with Gasteiger partial charge in [-0.3, -0.25) is 14.4 Å². The number of esters is 1. The highest BCUT2D eigenvalue weighted by Gasteiger charge is 2.26. The zero-order chi connectivity index (χ0) is 25.1. The highest BCUT2D eigenvalue weighted by Crippen LogP contribution is 2.14. The van der Waals surface area contributed by atoms with E-state index >= 15 is 0 Å². The van der Waals surface area contributed by atoms with Crippen molar-refractivity contribution >= 4 is 34.7 Å². The quantitative estimate of drug-likeness (QED) is 0.118. The van der Waals surface area contributed by atoms with E-state index < -0.39 is 29.2 Å². The van der Waals surface area contributed by atoms with Crippen LogP contribution in [0.25, 0.3) is 0 Å². The van der Waals surface area contributed by atoms with Crippen LogP contribution in [0.3, 0.4) is 0 Å². The fraction of sp³-hybridized carbons (Fsp3) is 0.611. The van der Waals surface area contributed by atoms with Gasteiger partial charge in [-0.25, -0.2) is 9.78 Å². The molecule has 2 atom stereocenters. The fourth-order valence-corrected chi connectivity index (χ4v) is 3.76. The lowest BCUT2D eigenvalue weighted by molar-refractivity contribution is -0.757. The highest BCUT2D eigenvalue weighted by molar-refractivity contribution is 8.13. The van der Waals surface area contributed by atoms with Crippen molar-refractivity contribution < 1.29 is 38.6 Å². The molecule has 4 N–H and O–H groups in total. The number of nitrogens with one attached hydrogen (secondary N) is 2. The van der Waals surface area contributed by atoms with Gasteiger partial charge in [-0.15, -0.1) is 10.1 Å². The van der Waals surface area contributed by atoms with Crippen LogP contribution < -0.4 is 16.4 Å². The van der Waals surface area contributed by atoms with Crippen LogP contribution in [-0.4, -0.2) is 75.3 Å². The van der Waals surface area contributed by atoms with E-state index in [9.17, 15) is 29.3 Å². The number of carbonyl (C=O) groups excluding carboxylic acids is 4. The summed E-state index contributed by atoms with van der Waals surface area (Å²) in [4.78, 5) is 65.6. The van der Waals surface area contributed by atoms with E-state index in [0.29, 0.717) is 12.1 Å². The molecule has 1 aromatic heterocycles. The van der Waals surface area contributed by atoms with E-state index in [1.165, 1.54) is 13.3 Å². The lowest BCUT2D eigenvalue weighted by Gasteiger charge is -2.20. The van der Waals surface area contributed by atoms with E-state index in [0.717, 1.165) is 11.8 Å². The van der Waals surface area contributed by atoms with Crippen molar-refractivity contribution in [1.29, 1.82) is 0 Å². The largest absolute Gasteiger partial charge is 0.462 e. The molecule has 1 aromatic rings. The molecular formula is C18H26N6O9S. The zero-order valence-corrected chi connectivity index (χ0v) is 19.2. The van der Waals surface area contributed by atoms with Crippen LogP contribution in [0.15, 0.2) is 6.33 Å². The number of thioether (sulfide) groups is 1. The van der Waals surface area contributed by atoms with Gasteiger partial charge < -0.3 is 35.2 Å². The number of aromatic nitrogens is 2. The topological polar surface area (TPSA) is 207 Å². The van der Waals surface area contributed by atoms with Crippen molar-refractivity contribution in [3.05, 3.63) is 27.8 Å². The van der Waals surface area contributed by atoms with Crippen LogP contribution >= 0.6 is 11.8 Å². The Bertz CT molecular complexity index is 908. The van der Waals surface area contributed by atoms with Crippen LogP contribution in [0.2, 0.25) is 0 Å². The van der Waals surface area contributed by atoms with Gasteiger partial charge in [-0.1, -0.05) is 11.8 Å². The summed E-state index contributed by atoms with van der Waals surface area (Å²) in [6.07, 6.45) is 1.51. The number of nitrogens with two attached hydrogens (primary N) is 1. The van der Waals surface area contributed by atoms with Crippen LogP contribution in [0.4, 0.5) is 0 Å². The van der Waals surface area contributed by atoms with Gasteiger partial charge in [0.25, 0.3) is 11.0 Å². The minimum absolute atomic E-state index is 0.0126. The Morgan fingerprint density at radius 1 is 1.41 bits per heavy atom. The molecule has 16 heteroatoms. The molecule has 0 spiro atoms. The molecule has 34 heavy (non-hydrogen) atoms. The number of fused-ring (bicyclic) bond motifs is 1. The molecule has 1 aliphatic rings. The number of carbonyl (C=O) groups is 4. The van der Waals surface area contributed by atoms with Crippen molar-refractivity contribution in [3.8, 4) is 0 Å². The lowest BCUT2D eigenvalue weighted by Crippen LogP contribution is -2.47. The molecule has 2 unspecified atom stereocenters. The summed E-state index contributed by atoms with van der Waals surface area (Å²) in [7, 11) is 0. The summed E-state index contributed by atoms with van der Waals surface area (Å²) in [6.45, 7) is 1.01. The average Bonchev–Trinajstić information content (AvgIpc) is 3.16. The first-order valence-corrected chi connectivity index (χ1v) is 11.2. The first kappa shape index (κ1) is 27.0. The maximum atomic E-state index is 12.3. The van der Waals surface area contributed by atoms with Gasteiger partial charge in [0.05, 0.1) is 31.4 Å². The maximum absolute atomic E-state index is 12.3. The Hall–Kier alpha value is -3.24. The van der Waals surface area contributed by atoms with Gasteiger partial charge in [0.15, 0.2) is 5.12 Å². The first-order chi connectivity index (χ1) is 16.2. The van der Waals surface area contributed by atoms with Crippen LogP contribution in [-0.2, 0) is 41.8 Å². The van der Waals surface area contributed by atoms with Crippen molar-refractivity contribution in [2.45, 2.75) is 45.1 Å². The SMILES string of the molecule is CC(=O)NC(CSC(=O)CCCO[N+](=O)[O-])C(=O)OCCOCn1cnc2c1CC(N)NC2=O. The van der Waals surface area contributed by atoms with Gasteiger partial charge in [0.2, 0.25) is 5.91 Å². The number of imidazole rings is 1. The number of rotatable bonds is 14. The Kier molecular flexibility index (Phi) is 10.7. The lowest BCUT2D eigenvalue weighted by atomic mass is 10.1. The van der Waals surface area contributed by atoms with Gasteiger partial charge in [-0.05, 0) is 6.42 Å². The number of amides is 2. The molecule has 0 saturated heterocycles. The van der Waals surface area contributed by atoms with Gasteiger partial charge >= 0.3 is 5.97 Å². The third kappa shape index (κ3) is 8.95. The molecule has 0 aromatic carbocycles. The number of hydrogen-bond acceptors (Lipinski definition) is 12. The summed E-state index contributed by atoms with van der Waals surface area (Å²) < 4.78 is 12.2. The normalized spacial score (nSPS) is 15.6. The van der Waals surface area contributed by atoms with E-state index in [1.807, 2.05) is 0 Å². The Morgan fingerprint density at radius 2 is 2.18 bits per heavy atom. The smallest absolute Gasteiger partial charge is 0.329 e. The van der Waals surface area contributed by atoms with Crippen molar-refractivity contribution in [3.63, 3.8) is 0 Å². The van der Waals surface area contributed by atoms with Gasteiger partial charge in [-0.2, -0.15) is 0 Å². The second-order valence-corrected chi connectivity index (χ2v) is 8.17. The fourth-order valence-electron chi connectivity index (χ4n) is 2.90. The van der Waals surface area contributed by atoms with Gasteiger partial charge in [0.1, 0.15) is 25.1 Å². The van der Waals surface area contributed by atoms with Crippen LogP contribution in [0, 0.1) is 10.1 Å². The molecule has 2 heterocycles. The highest BCUT2D eigenvalue weighted by atomic mass is 32.2. The Balaban J connectivity index is 1.71. The summed E-state index contributed by atoms with van der Waals surface area (Å²) in [6, 6.07) is -1.05. The summed E-state index contributed by atoms with van der Waals surface area (Å²) in [5.74, 6) is -1.62. The molecule has 0 fully saturated rings. The van der Waals surface area contributed by atoms with Crippen molar-refractivity contribution in [2.75, 3.05) is 25.6 Å². The standard InChI is InChI=1S/C18H26N6O9S/c1-11(25)21-12(8-34-15(26)3-2-4-33-24(29)30)18(28)32-6-5-31-10-23-9-20-16-13(23)7-14(19)22-17(16)27/h9,12,14H,2-8,10,19H2,1H3,(H,21,25)(H,22,27). The third-order valence-electron chi connectivity index (χ3n) is 4.39. The first-order valence-electron chi connectivity index (χ1n) is 10.2. The monoisotopic (exact) mass is 502 g/mol. The molecule has 188 valence electrons. The molecule has 1 aliphatic heterocycles. The minimum atomic E-state index is -1.05. The number of ether oxygens (including phenoxy) is 2. The molecule has 0 aliphatic carbocycles. The van der Waals surface area contributed by atoms with E-state index in [1.54, 1.807) is 4.57 Å². The second kappa shape index (κ2) is 13.5. The van der Waals surface area contributed by atoms with Crippen molar-refractivity contribution in [1.82, 2.24) is 20.2 Å². The van der Waals surface area contributed by atoms with Gasteiger partial charge in [0, 0.05) is 25.5 Å². The van der Waals surface area contributed by atoms with E-state index in [4.69, 9.17) is 15.2 Å². The molecule has 0 bridgehead atoms. The van der Waals surface area contributed by atoms with Crippen molar-refractivity contribution in [2.24, 2.45) is 5.73 Å². The zero-order valence-electron chi connectivity index (χ0n) is 18.4. The molecule has 2 amide bonds. The molecule has 15 nitrogen and oxygen atoms in total. The number of hydrogen-bond donors (Lipinski definition) is 3. The molecule has 0 saturated carbocycles. The maximum Gasteiger partial charge on any atom is 0.329 e. The average molecular weight is 503 g/mol. The Morgan fingerprint density at radius 3 is 2.88 bits per heavy atom. The minimum Gasteiger partial charge on any atom is -0.462 e. The summed E-state index contributed by atoms with van der Waals surface area (Å²) in [5.41, 5.74) is 6.70. The number of nitrogens with zero attached hydrogens (tertiary/aromatic N) is 3. The molecular weight excluding hydrogens is 476 g/mol. The predicted octanol–water partition coefficient (Wildman–Crippen LogP) is -1.28. The second-order valence-electron chi connectivity index (χ2n) is 7.10. The summed E-state index contributed by atoms with van der Waals surface area (Å²) in [5, 5.41) is 13.8. The Labute approximate surface area is 198 Å². The molecule has 2 rings (SSSR count). The third-order valence-corrected chi connectivity index (χ3v) is 5.41. The molecule has 0 radical (unpaired) electrons. The van der Waals surface area contributed by atoms with E-state index in [-0.39, 0.29) is 61.9 Å². The van der Waals surface area contributed by atoms with Crippen LogP contribution in [0.5, 0.6) is 0 Å². The van der Waals surface area contributed by atoms with Crippen LogP contribution in [0.1, 0.15) is 35.9 Å².